The molecule has 0 aliphatic heterocycles. The lowest BCUT2D eigenvalue weighted by molar-refractivity contribution is -0.294. The summed E-state index contributed by atoms with van der Waals surface area (Å²) in [7, 11) is 2.98. The number of aromatic hydroxyl groups is 1. The summed E-state index contributed by atoms with van der Waals surface area (Å²) in [5.74, 6) is 0.406. The number of phenols is 1. The van der Waals surface area contributed by atoms with Crippen LogP contribution in [0.3, 0.4) is 0 Å². The molecule has 90 valence electrons. The van der Waals surface area contributed by atoms with Gasteiger partial charge in [0.05, 0.1) is 7.11 Å². The van der Waals surface area contributed by atoms with E-state index in [0.29, 0.717) is 5.75 Å². The van der Waals surface area contributed by atoms with E-state index in [1.807, 2.05) is 0 Å². The minimum absolute atomic E-state index is 0.0543. The molecule has 0 bridgehead atoms. The van der Waals surface area contributed by atoms with Gasteiger partial charge in [-0.25, -0.2) is 4.89 Å². The lowest BCUT2D eigenvalue weighted by atomic mass is 10.0. The molecule has 2 atom stereocenters. The Morgan fingerprint density at radius 2 is 1.94 bits per heavy atom. The summed E-state index contributed by atoms with van der Waals surface area (Å²) >= 11 is 0. The minimum Gasteiger partial charge on any atom is -0.504 e. The Kier molecular flexibility index (Phi) is 4.54. The zero-order valence-electron chi connectivity index (χ0n) is 9.51. The van der Waals surface area contributed by atoms with Gasteiger partial charge in [0.1, 0.15) is 12.2 Å². The fourth-order valence-corrected chi connectivity index (χ4v) is 1.53. The lowest BCUT2D eigenvalue weighted by Gasteiger charge is -2.20. The van der Waals surface area contributed by atoms with Crippen LogP contribution in [0.15, 0.2) is 18.2 Å². The largest absolute Gasteiger partial charge is 0.504 e. The predicted molar refractivity (Wildman–Crippen MR) is 57.6 cm³/mol. The maximum absolute atomic E-state index is 9.44. The number of hydrogen-bond donors (Lipinski definition) is 2. The van der Waals surface area contributed by atoms with Gasteiger partial charge >= 0.3 is 0 Å². The fraction of sp³-hybridized carbons (Fsp3) is 0.455. The van der Waals surface area contributed by atoms with Crippen molar-refractivity contribution >= 4 is 0 Å². The number of rotatable bonds is 5. The first-order valence-corrected chi connectivity index (χ1v) is 4.84. The van der Waals surface area contributed by atoms with Crippen molar-refractivity contribution in [3.8, 4) is 11.5 Å². The molecular formula is C11H16O5. The Balaban J connectivity index is 3.01. The molecule has 0 heterocycles. The highest BCUT2D eigenvalue weighted by Crippen LogP contribution is 2.31. The molecule has 0 fully saturated rings. The molecule has 2 unspecified atom stereocenters. The van der Waals surface area contributed by atoms with Gasteiger partial charge in [-0.1, -0.05) is 6.07 Å². The monoisotopic (exact) mass is 228 g/mol. The Hall–Kier alpha value is -1.30. The van der Waals surface area contributed by atoms with Crippen LogP contribution in [0.2, 0.25) is 0 Å². The number of phenolic OH excluding ortho intramolecular Hbond substituents is 1. The molecule has 1 aromatic rings. The summed E-state index contributed by atoms with van der Waals surface area (Å²) in [5.41, 5.74) is 0.749. The second kappa shape index (κ2) is 5.69. The van der Waals surface area contributed by atoms with E-state index >= 15 is 0 Å². The highest BCUT2D eigenvalue weighted by atomic mass is 17.1. The van der Waals surface area contributed by atoms with Gasteiger partial charge in [-0.05, 0) is 24.6 Å². The molecule has 1 aromatic carbocycles. The topological polar surface area (TPSA) is 68.2 Å². The van der Waals surface area contributed by atoms with Gasteiger partial charge in [-0.15, -0.1) is 0 Å². The zero-order chi connectivity index (χ0) is 12.1. The fourth-order valence-electron chi connectivity index (χ4n) is 1.53. The minimum atomic E-state index is -0.515. The van der Waals surface area contributed by atoms with E-state index in [4.69, 9.17) is 14.7 Å². The van der Waals surface area contributed by atoms with E-state index < -0.39 is 12.2 Å². The number of hydrogen-bond acceptors (Lipinski definition) is 5. The third kappa shape index (κ3) is 2.63. The van der Waals surface area contributed by atoms with Crippen molar-refractivity contribution in [1.29, 1.82) is 0 Å². The molecule has 0 radical (unpaired) electrons. The molecule has 0 spiro atoms. The molecule has 0 amide bonds. The molecular weight excluding hydrogens is 212 g/mol. The van der Waals surface area contributed by atoms with E-state index in [-0.39, 0.29) is 5.75 Å². The average Bonchev–Trinajstić information content (AvgIpc) is 2.31. The van der Waals surface area contributed by atoms with Gasteiger partial charge in [-0.2, -0.15) is 0 Å². The van der Waals surface area contributed by atoms with Crippen molar-refractivity contribution in [3.05, 3.63) is 23.8 Å². The molecule has 16 heavy (non-hydrogen) atoms. The van der Waals surface area contributed by atoms with Crippen LogP contribution in [0.25, 0.3) is 0 Å². The lowest BCUT2D eigenvalue weighted by Crippen LogP contribution is -2.19. The Morgan fingerprint density at radius 1 is 1.25 bits per heavy atom. The predicted octanol–water partition coefficient (Wildman–Crippen LogP) is 1.97. The van der Waals surface area contributed by atoms with Crippen LogP contribution >= 0.6 is 0 Å². The summed E-state index contributed by atoms with van der Waals surface area (Å²) in [4.78, 5) is 4.23. The van der Waals surface area contributed by atoms with Crippen molar-refractivity contribution < 1.29 is 24.7 Å². The van der Waals surface area contributed by atoms with Gasteiger partial charge in [0.2, 0.25) is 0 Å². The SMILES string of the molecule is COc1cc(C(OC)C(C)OO)ccc1O. The third-order valence-electron chi connectivity index (χ3n) is 2.38. The van der Waals surface area contributed by atoms with Crippen LogP contribution in [0, 0.1) is 0 Å². The highest BCUT2D eigenvalue weighted by Gasteiger charge is 2.21. The average molecular weight is 228 g/mol. The van der Waals surface area contributed by atoms with Crippen LogP contribution in [0.4, 0.5) is 0 Å². The molecule has 1 rings (SSSR count). The van der Waals surface area contributed by atoms with Crippen LogP contribution in [-0.4, -0.2) is 30.7 Å². The first-order chi connectivity index (χ1) is 7.63. The van der Waals surface area contributed by atoms with Crippen molar-refractivity contribution in [2.75, 3.05) is 14.2 Å². The molecule has 0 aliphatic carbocycles. The van der Waals surface area contributed by atoms with Crippen molar-refractivity contribution in [3.63, 3.8) is 0 Å². The molecule has 0 saturated carbocycles. The molecule has 5 heteroatoms. The molecule has 0 aromatic heterocycles. The van der Waals surface area contributed by atoms with Crippen LogP contribution < -0.4 is 4.74 Å². The Morgan fingerprint density at radius 3 is 2.44 bits per heavy atom. The standard InChI is InChI=1S/C11H16O5/c1-7(16-13)11(15-3)8-4-5-9(12)10(6-8)14-2/h4-7,11-13H,1-3H3. The number of ether oxygens (including phenoxy) is 2. The maximum atomic E-state index is 9.44. The summed E-state index contributed by atoms with van der Waals surface area (Å²) in [6.45, 7) is 1.67. The maximum Gasteiger partial charge on any atom is 0.160 e. The molecule has 2 N–H and O–H groups in total. The van der Waals surface area contributed by atoms with E-state index in [2.05, 4.69) is 4.89 Å². The zero-order valence-corrected chi connectivity index (χ0v) is 9.51. The number of benzene rings is 1. The van der Waals surface area contributed by atoms with Crippen LogP contribution in [0.5, 0.6) is 11.5 Å². The van der Waals surface area contributed by atoms with Crippen molar-refractivity contribution in [1.82, 2.24) is 0 Å². The van der Waals surface area contributed by atoms with Gasteiger partial charge < -0.3 is 14.6 Å². The smallest absolute Gasteiger partial charge is 0.160 e. The van der Waals surface area contributed by atoms with Gasteiger partial charge in [0.25, 0.3) is 0 Å². The molecule has 5 nitrogen and oxygen atoms in total. The summed E-state index contributed by atoms with van der Waals surface area (Å²) in [6, 6.07) is 4.82. The Bertz CT molecular complexity index is 339. The molecule has 0 aliphatic rings. The first-order valence-electron chi connectivity index (χ1n) is 4.84. The first kappa shape index (κ1) is 12.8. The van der Waals surface area contributed by atoms with Gasteiger partial charge in [0.15, 0.2) is 11.5 Å². The highest BCUT2D eigenvalue weighted by molar-refractivity contribution is 5.42. The second-order valence-corrected chi connectivity index (χ2v) is 3.40. The normalized spacial score (nSPS) is 14.5. The van der Waals surface area contributed by atoms with E-state index in [1.165, 1.54) is 20.3 Å². The van der Waals surface area contributed by atoms with E-state index in [0.717, 1.165) is 5.56 Å². The third-order valence-corrected chi connectivity index (χ3v) is 2.38. The number of methoxy groups -OCH3 is 2. The summed E-state index contributed by atoms with van der Waals surface area (Å²) in [5, 5.41) is 18.1. The molecule has 0 saturated heterocycles. The summed E-state index contributed by atoms with van der Waals surface area (Å²) < 4.78 is 10.2. The quantitative estimate of drug-likeness (QED) is 0.595. The van der Waals surface area contributed by atoms with Gasteiger partial charge in [0, 0.05) is 7.11 Å². The van der Waals surface area contributed by atoms with Crippen LogP contribution in [0.1, 0.15) is 18.6 Å². The van der Waals surface area contributed by atoms with Gasteiger partial charge in [-0.3, -0.25) is 5.26 Å². The second-order valence-electron chi connectivity index (χ2n) is 3.40. The summed E-state index contributed by atoms with van der Waals surface area (Å²) in [6.07, 6.45) is -0.946. The van der Waals surface area contributed by atoms with E-state index in [1.54, 1.807) is 19.1 Å². The van der Waals surface area contributed by atoms with E-state index in [9.17, 15) is 5.11 Å². The van der Waals surface area contributed by atoms with Crippen molar-refractivity contribution in [2.45, 2.75) is 19.1 Å². The van der Waals surface area contributed by atoms with Crippen molar-refractivity contribution in [2.24, 2.45) is 0 Å². The Labute approximate surface area is 94.1 Å². The van der Waals surface area contributed by atoms with Crippen LogP contribution in [-0.2, 0) is 9.62 Å².